The van der Waals surface area contributed by atoms with Gasteiger partial charge >= 0.3 is 0 Å². The van der Waals surface area contributed by atoms with Crippen molar-refractivity contribution in [1.29, 1.82) is 0 Å². The van der Waals surface area contributed by atoms with Crippen molar-refractivity contribution in [2.75, 3.05) is 44.3 Å². The molecule has 1 aliphatic heterocycles. The number of ether oxygens (including phenoxy) is 1. The molecule has 0 N–H and O–H groups in total. The molecule has 2 heterocycles. The van der Waals surface area contributed by atoms with Crippen LogP contribution in [0.4, 0.5) is 5.82 Å². The van der Waals surface area contributed by atoms with Crippen LogP contribution in [0.25, 0.3) is 0 Å². The van der Waals surface area contributed by atoms with Crippen molar-refractivity contribution < 1.29 is 9.53 Å². The number of hydrogen-bond donors (Lipinski definition) is 0. The van der Waals surface area contributed by atoms with Crippen molar-refractivity contribution in [3.63, 3.8) is 0 Å². The van der Waals surface area contributed by atoms with Crippen molar-refractivity contribution in [2.24, 2.45) is 17.8 Å². The van der Waals surface area contributed by atoms with Crippen LogP contribution in [0, 0.1) is 17.8 Å². The van der Waals surface area contributed by atoms with Gasteiger partial charge in [-0.25, -0.2) is 4.68 Å². The molecule has 7 rings (SSSR count). The Labute approximate surface area is 201 Å². The average molecular weight is 472 g/mol. The molecule has 5 aliphatic rings. The summed E-state index contributed by atoms with van der Waals surface area (Å²) in [5.74, 6) is 3.21. The molecule has 2 aromatic rings. The Bertz CT molecular complexity index is 923. The minimum Gasteiger partial charge on any atom is -0.379 e. The number of anilines is 1. The van der Waals surface area contributed by atoms with Gasteiger partial charge in [-0.1, -0.05) is 23.4 Å². The van der Waals surface area contributed by atoms with E-state index in [1.54, 1.807) is 0 Å². The molecule has 0 atom stereocenters. The summed E-state index contributed by atoms with van der Waals surface area (Å²) in [6, 6.07) is 9.54. The van der Waals surface area contributed by atoms with Crippen LogP contribution in [0.15, 0.2) is 36.5 Å². The van der Waals surface area contributed by atoms with Crippen molar-refractivity contribution >= 4 is 24.1 Å². The summed E-state index contributed by atoms with van der Waals surface area (Å²) in [7, 11) is 0. The highest BCUT2D eigenvalue weighted by molar-refractivity contribution is 6.05. The first-order valence-corrected chi connectivity index (χ1v) is 12.3. The number of nitrogens with zero attached hydrogens (tertiary/aromatic N) is 5. The van der Waals surface area contributed by atoms with E-state index in [9.17, 15) is 4.79 Å². The molecule has 33 heavy (non-hydrogen) atoms. The largest absolute Gasteiger partial charge is 0.379 e. The summed E-state index contributed by atoms with van der Waals surface area (Å²) in [5, 5.41) is 9.20. The summed E-state index contributed by atoms with van der Waals surface area (Å²) in [4.78, 5) is 17.7. The van der Waals surface area contributed by atoms with Gasteiger partial charge in [-0.15, -0.1) is 17.5 Å². The highest BCUT2D eigenvalue weighted by atomic mass is 35.5. The van der Waals surface area contributed by atoms with E-state index in [1.807, 2.05) is 35.2 Å². The third kappa shape index (κ3) is 4.43. The highest BCUT2D eigenvalue weighted by Gasteiger charge is 2.52. The lowest BCUT2D eigenvalue weighted by molar-refractivity contribution is -0.0502. The molecule has 7 nitrogen and oxygen atoms in total. The van der Waals surface area contributed by atoms with Crippen LogP contribution < -0.4 is 4.90 Å². The van der Waals surface area contributed by atoms with Gasteiger partial charge < -0.3 is 4.74 Å². The maximum atomic E-state index is 13.5. The lowest BCUT2D eigenvalue weighted by Gasteiger charge is -2.56. The molecule has 5 fully saturated rings. The lowest BCUT2D eigenvalue weighted by Crippen LogP contribution is -2.52. The maximum Gasteiger partial charge on any atom is 0.259 e. The molecule has 0 spiro atoms. The van der Waals surface area contributed by atoms with Gasteiger partial charge in [0.25, 0.3) is 5.91 Å². The molecule has 8 heteroatoms. The quantitative estimate of drug-likeness (QED) is 0.644. The first-order valence-electron chi connectivity index (χ1n) is 12.3. The first-order chi connectivity index (χ1) is 15.7. The summed E-state index contributed by atoms with van der Waals surface area (Å²) < 4.78 is 7.63. The fraction of sp³-hybridized carbons (Fsp3) is 0.640. The molecule has 1 aromatic carbocycles. The van der Waals surface area contributed by atoms with Gasteiger partial charge in [0.2, 0.25) is 0 Å². The minimum absolute atomic E-state index is 0. The third-order valence-corrected chi connectivity index (χ3v) is 8.26. The molecule has 1 amide bonds. The number of morpholine rings is 1. The molecule has 0 unspecified atom stereocenters. The molecule has 1 aromatic heterocycles. The zero-order valence-corrected chi connectivity index (χ0v) is 20.0. The second kappa shape index (κ2) is 9.35. The highest BCUT2D eigenvalue weighted by Crippen LogP contribution is 2.58. The van der Waals surface area contributed by atoms with Crippen molar-refractivity contribution in [1.82, 2.24) is 19.9 Å². The molecular formula is C25H34ClN5O2. The standard InChI is InChI=1S/C25H33N5O2.ClH/c31-24(22-4-2-1-3-5-22)29(7-6-28-8-10-32-11-9-28)23-18-30(27-26-23)25-15-19-12-20(16-25)14-21(13-19)17-25;/h1-5,18-21H,6-17H2;1H. The minimum atomic E-state index is -0.00331. The number of hydrogen-bond acceptors (Lipinski definition) is 5. The van der Waals surface area contributed by atoms with Crippen molar-refractivity contribution in [3.05, 3.63) is 42.1 Å². The Kier molecular flexibility index (Phi) is 6.47. The summed E-state index contributed by atoms with van der Waals surface area (Å²) >= 11 is 0. The molecule has 4 bridgehead atoms. The van der Waals surface area contributed by atoms with Crippen LogP contribution in [0.3, 0.4) is 0 Å². The van der Waals surface area contributed by atoms with E-state index in [-0.39, 0.29) is 23.9 Å². The van der Waals surface area contributed by atoms with Crippen LogP contribution in [-0.2, 0) is 10.3 Å². The number of carbonyl (C=O) groups is 1. The van der Waals surface area contributed by atoms with Crippen molar-refractivity contribution in [2.45, 2.75) is 44.1 Å². The van der Waals surface area contributed by atoms with Gasteiger partial charge in [0.15, 0.2) is 5.82 Å². The normalized spacial score (nSPS) is 30.7. The predicted molar refractivity (Wildman–Crippen MR) is 129 cm³/mol. The van der Waals surface area contributed by atoms with Gasteiger partial charge in [-0.05, 0) is 68.4 Å². The van der Waals surface area contributed by atoms with Crippen LogP contribution in [0.5, 0.6) is 0 Å². The summed E-state index contributed by atoms with van der Waals surface area (Å²) in [6.07, 6.45) is 9.94. The Morgan fingerprint density at radius 1 is 1.03 bits per heavy atom. The fourth-order valence-corrected chi connectivity index (χ4v) is 7.08. The zero-order valence-electron chi connectivity index (χ0n) is 19.1. The molecule has 4 saturated carbocycles. The Morgan fingerprint density at radius 3 is 2.30 bits per heavy atom. The summed E-state index contributed by atoms with van der Waals surface area (Å²) in [6.45, 7) is 4.75. The van der Waals surface area contributed by atoms with E-state index in [4.69, 9.17) is 4.74 Å². The second-order valence-corrected chi connectivity index (χ2v) is 10.4. The van der Waals surface area contributed by atoms with E-state index < -0.39 is 0 Å². The van der Waals surface area contributed by atoms with Crippen LogP contribution in [0.1, 0.15) is 48.9 Å². The number of carbonyl (C=O) groups excluding carboxylic acids is 1. The Balaban J connectivity index is 0.00000228. The Hall–Kier alpha value is -1.96. The molecule has 0 radical (unpaired) electrons. The summed E-state index contributed by atoms with van der Waals surface area (Å²) in [5.41, 5.74) is 0.810. The van der Waals surface area contributed by atoms with Gasteiger partial charge in [0, 0.05) is 31.7 Å². The maximum absolute atomic E-state index is 13.5. The van der Waals surface area contributed by atoms with Crippen LogP contribution >= 0.6 is 12.4 Å². The molecule has 1 saturated heterocycles. The third-order valence-electron chi connectivity index (χ3n) is 8.26. The number of aromatic nitrogens is 3. The van der Waals surface area contributed by atoms with Crippen LogP contribution in [0.2, 0.25) is 0 Å². The Morgan fingerprint density at radius 2 is 1.67 bits per heavy atom. The van der Waals surface area contributed by atoms with Crippen molar-refractivity contribution in [3.8, 4) is 0 Å². The van der Waals surface area contributed by atoms with E-state index >= 15 is 0 Å². The monoisotopic (exact) mass is 471 g/mol. The SMILES string of the molecule is Cl.O=C(c1ccccc1)N(CCN1CCOCC1)c1cn(C23CC4CC(CC(C4)C2)C3)nn1. The van der Waals surface area contributed by atoms with E-state index in [1.165, 1.54) is 38.5 Å². The average Bonchev–Trinajstić information content (AvgIpc) is 3.30. The van der Waals surface area contributed by atoms with E-state index in [2.05, 4.69) is 26.1 Å². The number of amides is 1. The topological polar surface area (TPSA) is 63.5 Å². The second-order valence-electron chi connectivity index (χ2n) is 10.4. The van der Waals surface area contributed by atoms with Gasteiger partial charge in [-0.3, -0.25) is 14.6 Å². The molecule has 4 aliphatic carbocycles. The van der Waals surface area contributed by atoms with Crippen LogP contribution in [-0.4, -0.2) is 65.2 Å². The fourth-order valence-electron chi connectivity index (χ4n) is 7.08. The van der Waals surface area contributed by atoms with E-state index in [0.29, 0.717) is 17.9 Å². The van der Waals surface area contributed by atoms with E-state index in [0.717, 1.165) is 50.6 Å². The first kappa shape index (κ1) is 22.8. The number of benzene rings is 1. The van der Waals surface area contributed by atoms with Gasteiger partial charge in [0.1, 0.15) is 0 Å². The zero-order chi connectivity index (χ0) is 21.5. The predicted octanol–water partition coefficient (Wildman–Crippen LogP) is 3.60. The number of rotatable bonds is 6. The number of halogens is 1. The molecule has 178 valence electrons. The smallest absolute Gasteiger partial charge is 0.259 e. The van der Waals surface area contributed by atoms with Gasteiger partial charge in [0.05, 0.1) is 24.9 Å². The molecular weight excluding hydrogens is 438 g/mol. The lowest BCUT2D eigenvalue weighted by atomic mass is 9.53. The van der Waals surface area contributed by atoms with Gasteiger partial charge in [-0.2, -0.15) is 0 Å².